The van der Waals surface area contributed by atoms with Crippen LogP contribution in [0, 0.1) is 0 Å². The summed E-state index contributed by atoms with van der Waals surface area (Å²) in [6, 6.07) is 3.65. The first-order valence-corrected chi connectivity index (χ1v) is 7.05. The third-order valence-electron chi connectivity index (χ3n) is 4.25. The van der Waals surface area contributed by atoms with Gasteiger partial charge in [0.15, 0.2) is 0 Å². The highest BCUT2D eigenvalue weighted by Gasteiger charge is 2.29. The first-order chi connectivity index (χ1) is 9.19. The molecule has 0 spiro atoms. The van der Waals surface area contributed by atoms with Gasteiger partial charge < -0.3 is 14.6 Å². The number of carbonyl (C=O) groups excluding carboxylic acids is 1. The molecule has 0 fully saturated rings. The SMILES string of the molecule is CCC(C)(C)c1cc(OC)c(C(C)(C)CC=O)cc1O. The molecule has 1 aromatic rings. The largest absolute Gasteiger partial charge is 0.508 e. The second kappa shape index (κ2) is 5.86. The Morgan fingerprint density at radius 3 is 2.20 bits per heavy atom. The highest BCUT2D eigenvalue weighted by Crippen LogP contribution is 2.42. The van der Waals surface area contributed by atoms with E-state index >= 15 is 0 Å². The molecular weight excluding hydrogens is 252 g/mol. The Morgan fingerprint density at radius 1 is 1.15 bits per heavy atom. The normalized spacial score (nSPS) is 12.3. The lowest BCUT2D eigenvalue weighted by atomic mass is 9.77. The van der Waals surface area contributed by atoms with Crippen LogP contribution in [0.25, 0.3) is 0 Å². The molecule has 0 radical (unpaired) electrons. The quantitative estimate of drug-likeness (QED) is 0.801. The fourth-order valence-electron chi connectivity index (χ4n) is 2.32. The van der Waals surface area contributed by atoms with Crippen LogP contribution in [0.3, 0.4) is 0 Å². The maximum Gasteiger partial charge on any atom is 0.123 e. The number of carbonyl (C=O) groups is 1. The van der Waals surface area contributed by atoms with E-state index < -0.39 is 0 Å². The second-order valence-electron chi connectivity index (χ2n) is 6.56. The number of aldehydes is 1. The first-order valence-electron chi connectivity index (χ1n) is 7.05. The standard InChI is InChI=1S/C17H26O3/c1-7-16(2,3)12-11-15(20-6)13(10-14(12)19)17(4,5)8-9-18/h9-11,19H,7-8H2,1-6H3. The number of benzene rings is 1. The summed E-state index contributed by atoms with van der Waals surface area (Å²) in [6.45, 7) is 10.2. The Bertz CT molecular complexity index is 487. The summed E-state index contributed by atoms with van der Waals surface area (Å²) in [5.74, 6) is 0.998. The maximum absolute atomic E-state index is 10.8. The summed E-state index contributed by atoms with van der Waals surface area (Å²) in [4.78, 5) is 10.8. The number of methoxy groups -OCH3 is 1. The molecule has 0 aromatic heterocycles. The summed E-state index contributed by atoms with van der Waals surface area (Å²) >= 11 is 0. The van der Waals surface area contributed by atoms with Gasteiger partial charge >= 0.3 is 0 Å². The van der Waals surface area contributed by atoms with Gasteiger partial charge in [0.2, 0.25) is 0 Å². The Balaban J connectivity index is 3.45. The zero-order valence-corrected chi connectivity index (χ0v) is 13.4. The van der Waals surface area contributed by atoms with E-state index in [0.29, 0.717) is 6.42 Å². The molecular formula is C17H26O3. The fourth-order valence-corrected chi connectivity index (χ4v) is 2.32. The van der Waals surface area contributed by atoms with Crippen molar-refractivity contribution in [3.8, 4) is 11.5 Å². The highest BCUT2D eigenvalue weighted by molar-refractivity contribution is 5.57. The lowest BCUT2D eigenvalue weighted by Crippen LogP contribution is -2.21. The molecule has 0 unspecified atom stereocenters. The van der Waals surface area contributed by atoms with Crippen LogP contribution in [0.4, 0.5) is 0 Å². The van der Waals surface area contributed by atoms with E-state index in [1.165, 1.54) is 0 Å². The summed E-state index contributed by atoms with van der Waals surface area (Å²) < 4.78 is 5.49. The van der Waals surface area contributed by atoms with Gasteiger partial charge in [0, 0.05) is 23.0 Å². The monoisotopic (exact) mass is 278 g/mol. The van der Waals surface area contributed by atoms with Gasteiger partial charge in [-0.25, -0.2) is 0 Å². The second-order valence-corrected chi connectivity index (χ2v) is 6.56. The molecule has 0 saturated carbocycles. The van der Waals surface area contributed by atoms with Crippen LogP contribution < -0.4 is 4.74 Å². The highest BCUT2D eigenvalue weighted by atomic mass is 16.5. The van der Waals surface area contributed by atoms with Crippen molar-refractivity contribution in [3.63, 3.8) is 0 Å². The van der Waals surface area contributed by atoms with Crippen molar-refractivity contribution in [3.05, 3.63) is 23.3 Å². The minimum Gasteiger partial charge on any atom is -0.508 e. The predicted octanol–water partition coefficient (Wildman–Crippen LogP) is 3.96. The first kappa shape index (κ1) is 16.5. The fraction of sp³-hybridized carbons (Fsp3) is 0.588. The van der Waals surface area contributed by atoms with Gasteiger partial charge in [-0.15, -0.1) is 0 Å². The van der Waals surface area contributed by atoms with Gasteiger partial charge in [-0.2, -0.15) is 0 Å². The van der Waals surface area contributed by atoms with Gasteiger partial charge in [-0.05, 0) is 24.0 Å². The summed E-state index contributed by atoms with van der Waals surface area (Å²) in [5, 5.41) is 10.4. The minimum atomic E-state index is -0.362. The van der Waals surface area contributed by atoms with Crippen LogP contribution in [-0.2, 0) is 15.6 Å². The Morgan fingerprint density at radius 2 is 1.75 bits per heavy atom. The van der Waals surface area contributed by atoms with Crippen molar-refractivity contribution in [1.82, 2.24) is 0 Å². The lowest BCUT2D eigenvalue weighted by Gasteiger charge is -2.29. The maximum atomic E-state index is 10.8. The average Bonchev–Trinajstić information content (AvgIpc) is 2.38. The van der Waals surface area contributed by atoms with E-state index in [4.69, 9.17) is 4.74 Å². The Kier molecular flexibility index (Phi) is 4.85. The van der Waals surface area contributed by atoms with Crippen molar-refractivity contribution in [2.75, 3.05) is 7.11 Å². The number of hydrogen-bond acceptors (Lipinski definition) is 3. The molecule has 0 bridgehead atoms. The van der Waals surface area contributed by atoms with Crippen LogP contribution in [-0.4, -0.2) is 18.5 Å². The summed E-state index contributed by atoms with van der Waals surface area (Å²) in [5.41, 5.74) is 1.26. The molecule has 20 heavy (non-hydrogen) atoms. The molecule has 0 aliphatic rings. The van der Waals surface area contributed by atoms with E-state index in [0.717, 1.165) is 29.6 Å². The van der Waals surface area contributed by atoms with E-state index in [-0.39, 0.29) is 16.6 Å². The molecule has 1 rings (SSSR count). The van der Waals surface area contributed by atoms with Gasteiger partial charge in [0.25, 0.3) is 0 Å². The summed E-state index contributed by atoms with van der Waals surface area (Å²) in [6.07, 6.45) is 2.21. The van der Waals surface area contributed by atoms with Crippen molar-refractivity contribution < 1.29 is 14.6 Å². The number of aromatic hydroxyl groups is 1. The van der Waals surface area contributed by atoms with E-state index in [9.17, 15) is 9.90 Å². The molecule has 1 aromatic carbocycles. The van der Waals surface area contributed by atoms with Crippen LogP contribution in [0.2, 0.25) is 0 Å². The van der Waals surface area contributed by atoms with Crippen molar-refractivity contribution in [1.29, 1.82) is 0 Å². The molecule has 3 nitrogen and oxygen atoms in total. The molecule has 0 amide bonds. The van der Waals surface area contributed by atoms with Crippen LogP contribution in [0.15, 0.2) is 12.1 Å². The molecule has 0 heterocycles. The lowest BCUT2D eigenvalue weighted by molar-refractivity contribution is -0.108. The van der Waals surface area contributed by atoms with Crippen LogP contribution >= 0.6 is 0 Å². The third kappa shape index (κ3) is 3.14. The number of ether oxygens (including phenoxy) is 1. The zero-order valence-electron chi connectivity index (χ0n) is 13.4. The van der Waals surface area contributed by atoms with Gasteiger partial charge in [0.05, 0.1) is 7.11 Å². The van der Waals surface area contributed by atoms with Gasteiger partial charge in [0.1, 0.15) is 17.8 Å². The van der Waals surface area contributed by atoms with Crippen molar-refractivity contribution in [2.45, 2.75) is 58.3 Å². The van der Waals surface area contributed by atoms with Crippen LogP contribution in [0.1, 0.15) is 58.6 Å². The van der Waals surface area contributed by atoms with Crippen molar-refractivity contribution >= 4 is 6.29 Å². The van der Waals surface area contributed by atoms with Crippen LogP contribution in [0.5, 0.6) is 11.5 Å². The van der Waals surface area contributed by atoms with Gasteiger partial charge in [-0.3, -0.25) is 0 Å². The minimum absolute atomic E-state index is 0.120. The van der Waals surface area contributed by atoms with E-state index in [2.05, 4.69) is 20.8 Å². The number of rotatable bonds is 6. The third-order valence-corrected chi connectivity index (χ3v) is 4.25. The molecule has 0 atom stereocenters. The zero-order chi connectivity index (χ0) is 15.6. The molecule has 3 heteroatoms. The summed E-state index contributed by atoms with van der Waals surface area (Å²) in [7, 11) is 1.62. The van der Waals surface area contributed by atoms with Crippen molar-refractivity contribution in [2.24, 2.45) is 0 Å². The topological polar surface area (TPSA) is 46.5 Å². The van der Waals surface area contributed by atoms with Gasteiger partial charge in [-0.1, -0.05) is 34.6 Å². The smallest absolute Gasteiger partial charge is 0.123 e. The molecule has 0 aliphatic carbocycles. The molecule has 1 N–H and O–H groups in total. The number of hydrogen-bond donors (Lipinski definition) is 1. The Labute approximate surface area is 122 Å². The molecule has 0 saturated heterocycles. The molecule has 112 valence electrons. The van der Waals surface area contributed by atoms with E-state index in [1.54, 1.807) is 13.2 Å². The predicted molar refractivity (Wildman–Crippen MR) is 81.7 cm³/mol. The number of phenols is 1. The Hall–Kier alpha value is -1.51. The van der Waals surface area contributed by atoms with E-state index in [1.807, 2.05) is 19.9 Å². The average molecular weight is 278 g/mol. The number of phenolic OH excluding ortho intramolecular Hbond substituents is 1. The molecule has 0 aliphatic heterocycles.